The normalized spacial score (nSPS) is 11.9. The molecule has 2 rings (SSSR count). The summed E-state index contributed by atoms with van der Waals surface area (Å²) < 4.78 is 0.801. The third-order valence-corrected chi connectivity index (χ3v) is 4.16. The number of nitrogens with one attached hydrogen (secondary N) is 1. The lowest BCUT2D eigenvalue weighted by Gasteiger charge is -2.14. The lowest BCUT2D eigenvalue weighted by Crippen LogP contribution is -2.05. The molecule has 1 N–H and O–H groups in total. The molecule has 1 heterocycles. The largest absolute Gasteiger partial charge is 0.378 e. The van der Waals surface area contributed by atoms with Gasteiger partial charge in [0.2, 0.25) is 0 Å². The summed E-state index contributed by atoms with van der Waals surface area (Å²) in [4.78, 5) is 1.20. The summed E-state index contributed by atoms with van der Waals surface area (Å²) in [5.41, 5.74) is 2.72. The minimum atomic E-state index is 0.204. The monoisotopic (exact) mass is 276 g/mol. The van der Waals surface area contributed by atoms with Crippen molar-refractivity contribution in [3.8, 4) is 6.07 Å². The van der Waals surface area contributed by atoms with E-state index in [0.29, 0.717) is 5.56 Å². The van der Waals surface area contributed by atoms with Crippen LogP contribution in [0.25, 0.3) is 0 Å². The van der Waals surface area contributed by atoms with Gasteiger partial charge in [-0.2, -0.15) is 5.26 Å². The van der Waals surface area contributed by atoms with Gasteiger partial charge in [-0.1, -0.05) is 11.6 Å². The van der Waals surface area contributed by atoms with Crippen LogP contribution in [-0.4, -0.2) is 0 Å². The molecule has 0 aliphatic heterocycles. The van der Waals surface area contributed by atoms with Crippen LogP contribution in [0.1, 0.15) is 29.0 Å². The van der Waals surface area contributed by atoms with Crippen LogP contribution in [0.2, 0.25) is 4.34 Å². The van der Waals surface area contributed by atoms with Crippen LogP contribution in [-0.2, 0) is 0 Å². The Hall–Kier alpha value is -1.50. The lowest BCUT2D eigenvalue weighted by molar-refractivity contribution is 0.907. The SMILES string of the molecule is Cc1cc(NC(C)c2ccc(Cl)s2)ccc1C#N. The first-order valence-corrected chi connectivity index (χ1v) is 6.82. The molecule has 18 heavy (non-hydrogen) atoms. The molecule has 0 aliphatic rings. The predicted molar refractivity (Wildman–Crippen MR) is 77.3 cm³/mol. The molecule has 0 aliphatic carbocycles. The van der Waals surface area contributed by atoms with Crippen molar-refractivity contribution >= 4 is 28.6 Å². The van der Waals surface area contributed by atoms with Crippen molar-refractivity contribution in [3.05, 3.63) is 50.7 Å². The highest BCUT2D eigenvalue weighted by Crippen LogP contribution is 2.29. The van der Waals surface area contributed by atoms with E-state index in [2.05, 4.69) is 18.3 Å². The molecule has 0 saturated carbocycles. The van der Waals surface area contributed by atoms with Gasteiger partial charge in [0.05, 0.1) is 22.0 Å². The molecular formula is C14H13ClN2S. The van der Waals surface area contributed by atoms with Crippen LogP contribution in [0, 0.1) is 18.3 Å². The van der Waals surface area contributed by atoms with Crippen molar-refractivity contribution in [2.24, 2.45) is 0 Å². The third kappa shape index (κ3) is 2.84. The van der Waals surface area contributed by atoms with E-state index in [-0.39, 0.29) is 6.04 Å². The Morgan fingerprint density at radius 2 is 2.11 bits per heavy atom. The third-order valence-electron chi connectivity index (χ3n) is 2.75. The van der Waals surface area contributed by atoms with Crippen LogP contribution >= 0.6 is 22.9 Å². The van der Waals surface area contributed by atoms with Crippen molar-refractivity contribution in [2.45, 2.75) is 19.9 Å². The van der Waals surface area contributed by atoms with E-state index in [1.165, 1.54) is 4.88 Å². The van der Waals surface area contributed by atoms with Crippen LogP contribution < -0.4 is 5.32 Å². The molecule has 0 saturated heterocycles. The second-order valence-electron chi connectivity index (χ2n) is 4.15. The fraction of sp³-hybridized carbons (Fsp3) is 0.214. The summed E-state index contributed by atoms with van der Waals surface area (Å²) in [5.74, 6) is 0. The molecule has 0 radical (unpaired) electrons. The van der Waals surface area contributed by atoms with E-state index in [0.717, 1.165) is 15.6 Å². The Kier molecular flexibility index (Phi) is 3.90. The number of aryl methyl sites for hydroxylation is 1. The van der Waals surface area contributed by atoms with E-state index in [1.54, 1.807) is 11.3 Å². The van der Waals surface area contributed by atoms with Crippen molar-refractivity contribution in [1.29, 1.82) is 5.26 Å². The first kappa shape index (κ1) is 12.9. The Morgan fingerprint density at radius 1 is 1.33 bits per heavy atom. The van der Waals surface area contributed by atoms with Crippen molar-refractivity contribution in [1.82, 2.24) is 0 Å². The number of nitriles is 1. The number of anilines is 1. The maximum absolute atomic E-state index is 8.89. The first-order valence-electron chi connectivity index (χ1n) is 5.62. The number of thiophene rings is 1. The van der Waals surface area contributed by atoms with Crippen LogP contribution in [0.15, 0.2) is 30.3 Å². The maximum Gasteiger partial charge on any atom is 0.0994 e. The summed E-state index contributed by atoms with van der Waals surface area (Å²) in [6.07, 6.45) is 0. The van der Waals surface area contributed by atoms with Crippen LogP contribution in [0.5, 0.6) is 0 Å². The van der Waals surface area contributed by atoms with E-state index < -0.39 is 0 Å². The summed E-state index contributed by atoms with van der Waals surface area (Å²) in [6.45, 7) is 4.03. The lowest BCUT2D eigenvalue weighted by atomic mass is 10.1. The number of benzene rings is 1. The molecule has 1 aromatic carbocycles. The Labute approximate surface area is 116 Å². The second kappa shape index (κ2) is 5.43. The van der Waals surface area contributed by atoms with E-state index in [1.807, 2.05) is 37.3 Å². The zero-order valence-electron chi connectivity index (χ0n) is 10.2. The Morgan fingerprint density at radius 3 is 2.67 bits per heavy atom. The highest BCUT2D eigenvalue weighted by molar-refractivity contribution is 7.16. The van der Waals surface area contributed by atoms with Crippen LogP contribution in [0.3, 0.4) is 0 Å². The Balaban J connectivity index is 2.15. The van der Waals surface area contributed by atoms with Gasteiger partial charge in [-0.25, -0.2) is 0 Å². The van der Waals surface area contributed by atoms with Gasteiger partial charge in [0.15, 0.2) is 0 Å². The summed E-state index contributed by atoms with van der Waals surface area (Å²) >= 11 is 7.50. The smallest absolute Gasteiger partial charge is 0.0994 e. The van der Waals surface area contributed by atoms with Gasteiger partial charge in [0.25, 0.3) is 0 Å². The van der Waals surface area contributed by atoms with Gasteiger partial charge in [-0.3, -0.25) is 0 Å². The quantitative estimate of drug-likeness (QED) is 0.878. The molecule has 0 bridgehead atoms. The number of hydrogen-bond acceptors (Lipinski definition) is 3. The fourth-order valence-corrected chi connectivity index (χ4v) is 2.82. The molecule has 1 unspecified atom stereocenters. The maximum atomic E-state index is 8.89. The van der Waals surface area contributed by atoms with E-state index >= 15 is 0 Å². The molecule has 2 nitrogen and oxygen atoms in total. The van der Waals surface area contributed by atoms with Crippen molar-refractivity contribution in [2.75, 3.05) is 5.32 Å². The molecule has 1 aromatic heterocycles. The van der Waals surface area contributed by atoms with E-state index in [4.69, 9.17) is 16.9 Å². The average Bonchev–Trinajstić information content (AvgIpc) is 2.76. The van der Waals surface area contributed by atoms with Gasteiger partial charge >= 0.3 is 0 Å². The molecule has 92 valence electrons. The van der Waals surface area contributed by atoms with E-state index in [9.17, 15) is 0 Å². The second-order valence-corrected chi connectivity index (χ2v) is 5.90. The molecular weight excluding hydrogens is 264 g/mol. The standard InChI is InChI=1S/C14H13ClN2S/c1-9-7-12(4-3-11(9)8-16)17-10(2)13-5-6-14(15)18-13/h3-7,10,17H,1-2H3. The molecule has 0 fully saturated rings. The molecule has 0 spiro atoms. The van der Waals surface area contributed by atoms with Gasteiger partial charge in [0.1, 0.15) is 0 Å². The number of halogens is 1. The van der Waals surface area contributed by atoms with Gasteiger partial charge in [-0.05, 0) is 49.7 Å². The average molecular weight is 277 g/mol. The fourth-order valence-electron chi connectivity index (χ4n) is 1.76. The first-order chi connectivity index (χ1) is 8.60. The van der Waals surface area contributed by atoms with Gasteiger partial charge < -0.3 is 5.32 Å². The summed E-state index contributed by atoms with van der Waals surface area (Å²) in [5, 5.41) is 12.3. The number of rotatable bonds is 3. The summed E-state index contributed by atoms with van der Waals surface area (Å²) in [6, 6.07) is 12.1. The topological polar surface area (TPSA) is 35.8 Å². The number of hydrogen-bond donors (Lipinski definition) is 1. The molecule has 4 heteroatoms. The van der Waals surface area contributed by atoms with Crippen molar-refractivity contribution in [3.63, 3.8) is 0 Å². The van der Waals surface area contributed by atoms with Gasteiger partial charge in [0, 0.05) is 10.6 Å². The molecule has 0 amide bonds. The van der Waals surface area contributed by atoms with Crippen LogP contribution in [0.4, 0.5) is 5.69 Å². The van der Waals surface area contributed by atoms with Crippen molar-refractivity contribution < 1.29 is 0 Å². The molecule has 2 aromatic rings. The van der Waals surface area contributed by atoms with Gasteiger partial charge in [-0.15, -0.1) is 11.3 Å². The minimum absolute atomic E-state index is 0.204. The minimum Gasteiger partial charge on any atom is -0.378 e. The Bertz CT molecular complexity index is 598. The summed E-state index contributed by atoms with van der Waals surface area (Å²) in [7, 11) is 0. The highest BCUT2D eigenvalue weighted by atomic mass is 35.5. The highest BCUT2D eigenvalue weighted by Gasteiger charge is 2.08. The zero-order valence-corrected chi connectivity index (χ0v) is 11.8. The molecule has 1 atom stereocenters. The predicted octanol–water partition coefficient (Wildman–Crippen LogP) is 4.75. The zero-order chi connectivity index (χ0) is 13.1. The number of nitrogens with zero attached hydrogens (tertiary/aromatic N) is 1.